The number of rotatable bonds is 7. The van der Waals surface area contributed by atoms with E-state index in [1.54, 1.807) is 16.3 Å². The van der Waals surface area contributed by atoms with Crippen molar-refractivity contribution in [3.63, 3.8) is 0 Å². The van der Waals surface area contributed by atoms with Crippen LogP contribution in [0.1, 0.15) is 19.2 Å². The van der Waals surface area contributed by atoms with Gasteiger partial charge in [0, 0.05) is 17.0 Å². The van der Waals surface area contributed by atoms with E-state index in [2.05, 4.69) is 15.1 Å². The van der Waals surface area contributed by atoms with Crippen molar-refractivity contribution in [1.82, 2.24) is 19.7 Å². The van der Waals surface area contributed by atoms with E-state index in [1.807, 2.05) is 37.4 Å². The third kappa shape index (κ3) is 4.27. The summed E-state index contributed by atoms with van der Waals surface area (Å²) in [5, 5.41) is 4.88. The number of fused-ring (bicyclic) bond motifs is 1. The Labute approximate surface area is 180 Å². The van der Waals surface area contributed by atoms with Crippen LogP contribution in [0.3, 0.4) is 0 Å². The summed E-state index contributed by atoms with van der Waals surface area (Å²) in [4.78, 5) is 23.0. The molecule has 0 radical (unpaired) electrons. The SMILES string of the molecule is CCCn1c(SCc2nc(-c3ccc(SC)cc3)no2)nc2ccc(F)cc2c1=O. The molecule has 0 N–H and O–H groups in total. The van der Waals surface area contributed by atoms with Crippen molar-refractivity contribution in [3.05, 3.63) is 64.5 Å². The van der Waals surface area contributed by atoms with Crippen molar-refractivity contribution in [1.29, 1.82) is 0 Å². The number of hydrogen-bond donors (Lipinski definition) is 0. The largest absolute Gasteiger partial charge is 0.338 e. The molecule has 4 rings (SSSR count). The normalized spacial score (nSPS) is 11.3. The highest BCUT2D eigenvalue weighted by molar-refractivity contribution is 7.98. The lowest BCUT2D eigenvalue weighted by molar-refractivity contribution is 0.391. The molecule has 0 fully saturated rings. The van der Waals surface area contributed by atoms with E-state index in [9.17, 15) is 9.18 Å². The van der Waals surface area contributed by atoms with Crippen LogP contribution in [0.4, 0.5) is 4.39 Å². The summed E-state index contributed by atoms with van der Waals surface area (Å²) in [5.74, 6) is 0.888. The van der Waals surface area contributed by atoms with Gasteiger partial charge in [0.2, 0.25) is 11.7 Å². The molecule has 6 nitrogen and oxygen atoms in total. The molecule has 154 valence electrons. The second-order valence-corrected chi connectivity index (χ2v) is 8.36. The highest BCUT2D eigenvalue weighted by Crippen LogP contribution is 2.25. The Morgan fingerprint density at radius 2 is 1.93 bits per heavy atom. The molecule has 0 amide bonds. The third-order valence-corrected chi connectivity index (χ3v) is 6.17. The Bertz CT molecular complexity index is 1240. The molecule has 0 atom stereocenters. The number of aromatic nitrogens is 4. The molecular weight excluding hydrogens is 423 g/mol. The number of thioether (sulfide) groups is 2. The molecular formula is C21H19FN4O2S2. The number of hydrogen-bond acceptors (Lipinski definition) is 7. The predicted molar refractivity (Wildman–Crippen MR) is 117 cm³/mol. The van der Waals surface area contributed by atoms with Gasteiger partial charge in [-0.1, -0.05) is 23.8 Å². The van der Waals surface area contributed by atoms with Gasteiger partial charge in [-0.05, 0) is 55.1 Å². The zero-order chi connectivity index (χ0) is 21.1. The van der Waals surface area contributed by atoms with Crippen LogP contribution >= 0.6 is 23.5 Å². The summed E-state index contributed by atoms with van der Waals surface area (Å²) in [6.45, 7) is 2.47. The third-order valence-electron chi connectivity index (χ3n) is 4.47. The maximum atomic E-state index is 13.6. The Morgan fingerprint density at radius 1 is 1.13 bits per heavy atom. The van der Waals surface area contributed by atoms with Gasteiger partial charge in [-0.2, -0.15) is 4.98 Å². The van der Waals surface area contributed by atoms with Crippen molar-refractivity contribution >= 4 is 34.4 Å². The average Bonchev–Trinajstić information content (AvgIpc) is 3.24. The van der Waals surface area contributed by atoms with E-state index in [1.165, 1.54) is 30.0 Å². The molecule has 0 bridgehead atoms. The summed E-state index contributed by atoms with van der Waals surface area (Å²) < 4.78 is 20.5. The van der Waals surface area contributed by atoms with Gasteiger partial charge in [0.25, 0.3) is 5.56 Å². The van der Waals surface area contributed by atoms with Crippen LogP contribution in [-0.4, -0.2) is 25.9 Å². The van der Waals surface area contributed by atoms with Crippen LogP contribution in [0, 0.1) is 5.82 Å². The smallest absolute Gasteiger partial charge is 0.262 e. The molecule has 0 spiro atoms. The molecule has 2 aromatic heterocycles. The fourth-order valence-electron chi connectivity index (χ4n) is 3.00. The molecule has 0 unspecified atom stereocenters. The monoisotopic (exact) mass is 442 g/mol. The van der Waals surface area contributed by atoms with Crippen LogP contribution in [0.2, 0.25) is 0 Å². The minimum Gasteiger partial charge on any atom is -0.338 e. The predicted octanol–water partition coefficient (Wildman–Crippen LogP) is 5.01. The van der Waals surface area contributed by atoms with Crippen molar-refractivity contribution in [2.45, 2.75) is 35.7 Å². The Kier molecular flexibility index (Phi) is 6.19. The van der Waals surface area contributed by atoms with E-state index in [0.29, 0.717) is 34.7 Å². The van der Waals surface area contributed by atoms with Crippen LogP contribution < -0.4 is 5.56 Å². The molecule has 0 aliphatic carbocycles. The lowest BCUT2D eigenvalue weighted by atomic mass is 10.2. The molecule has 0 saturated carbocycles. The van der Waals surface area contributed by atoms with Gasteiger partial charge in [0.1, 0.15) is 5.82 Å². The molecule has 4 aromatic rings. The maximum absolute atomic E-state index is 13.6. The van der Waals surface area contributed by atoms with Gasteiger partial charge in [0.05, 0.1) is 16.7 Å². The quantitative estimate of drug-likeness (QED) is 0.294. The minimum absolute atomic E-state index is 0.246. The highest BCUT2D eigenvalue weighted by Gasteiger charge is 2.15. The van der Waals surface area contributed by atoms with Crippen LogP contribution in [-0.2, 0) is 12.3 Å². The maximum Gasteiger partial charge on any atom is 0.262 e. The average molecular weight is 443 g/mol. The summed E-state index contributed by atoms with van der Waals surface area (Å²) in [6.07, 6.45) is 2.78. The zero-order valence-electron chi connectivity index (χ0n) is 16.5. The van der Waals surface area contributed by atoms with E-state index >= 15 is 0 Å². The first-order valence-corrected chi connectivity index (χ1v) is 11.6. The fourth-order valence-corrected chi connectivity index (χ4v) is 4.27. The molecule has 9 heteroatoms. The van der Waals surface area contributed by atoms with E-state index in [0.717, 1.165) is 16.9 Å². The fraction of sp³-hybridized carbons (Fsp3) is 0.238. The summed E-state index contributed by atoms with van der Waals surface area (Å²) >= 11 is 3.01. The van der Waals surface area contributed by atoms with Crippen molar-refractivity contribution < 1.29 is 8.91 Å². The number of nitrogens with zero attached hydrogens (tertiary/aromatic N) is 4. The van der Waals surface area contributed by atoms with Crippen LogP contribution in [0.15, 0.2) is 61.8 Å². The van der Waals surface area contributed by atoms with E-state index in [-0.39, 0.29) is 10.9 Å². The Morgan fingerprint density at radius 3 is 2.67 bits per heavy atom. The van der Waals surface area contributed by atoms with Gasteiger partial charge < -0.3 is 4.52 Å². The van der Waals surface area contributed by atoms with E-state index in [4.69, 9.17) is 4.52 Å². The second-order valence-electron chi connectivity index (χ2n) is 6.54. The van der Waals surface area contributed by atoms with E-state index < -0.39 is 5.82 Å². The van der Waals surface area contributed by atoms with Crippen molar-refractivity contribution in [3.8, 4) is 11.4 Å². The Hall–Kier alpha value is -2.65. The van der Waals surface area contributed by atoms with Crippen LogP contribution in [0.25, 0.3) is 22.3 Å². The molecule has 2 aromatic carbocycles. The highest BCUT2D eigenvalue weighted by atomic mass is 32.2. The Balaban J connectivity index is 1.59. The second kappa shape index (κ2) is 9.01. The first-order chi connectivity index (χ1) is 14.6. The summed E-state index contributed by atoms with van der Waals surface area (Å²) in [7, 11) is 0. The summed E-state index contributed by atoms with van der Waals surface area (Å²) in [6, 6.07) is 12.0. The molecule has 0 aliphatic rings. The topological polar surface area (TPSA) is 73.8 Å². The summed E-state index contributed by atoms with van der Waals surface area (Å²) in [5.41, 5.74) is 1.10. The lowest BCUT2D eigenvalue weighted by Gasteiger charge is -2.11. The molecule has 2 heterocycles. The van der Waals surface area contributed by atoms with Gasteiger partial charge >= 0.3 is 0 Å². The first kappa shape index (κ1) is 20.6. The van der Waals surface area contributed by atoms with Gasteiger partial charge in [-0.3, -0.25) is 9.36 Å². The van der Waals surface area contributed by atoms with Crippen molar-refractivity contribution in [2.75, 3.05) is 6.26 Å². The van der Waals surface area contributed by atoms with Gasteiger partial charge in [-0.15, -0.1) is 11.8 Å². The molecule has 0 saturated heterocycles. The standard InChI is InChI=1S/C21H19FN4O2S2/c1-3-10-26-20(27)16-11-14(22)6-9-17(16)23-21(26)30-12-18-24-19(25-28-18)13-4-7-15(29-2)8-5-13/h4-9,11H,3,10,12H2,1-2H3. The minimum atomic E-state index is -0.450. The number of benzene rings is 2. The van der Waals surface area contributed by atoms with Crippen LogP contribution in [0.5, 0.6) is 0 Å². The zero-order valence-corrected chi connectivity index (χ0v) is 18.1. The molecule has 0 aliphatic heterocycles. The van der Waals surface area contributed by atoms with Gasteiger partial charge in [-0.25, -0.2) is 9.37 Å². The lowest BCUT2D eigenvalue weighted by Crippen LogP contribution is -2.23. The first-order valence-electron chi connectivity index (χ1n) is 9.39. The van der Waals surface area contributed by atoms with Crippen molar-refractivity contribution in [2.24, 2.45) is 0 Å². The van der Waals surface area contributed by atoms with Gasteiger partial charge in [0.15, 0.2) is 5.16 Å². The molecule has 30 heavy (non-hydrogen) atoms. The number of halogens is 1.